The van der Waals surface area contributed by atoms with Gasteiger partial charge in [0.25, 0.3) is 0 Å². The first-order valence-corrected chi connectivity index (χ1v) is 9.68. The second kappa shape index (κ2) is 8.54. The molecule has 1 aromatic carbocycles. The highest BCUT2D eigenvalue weighted by Crippen LogP contribution is 2.27. The molecule has 0 unspecified atom stereocenters. The number of furan rings is 1. The van der Waals surface area contributed by atoms with E-state index in [0.29, 0.717) is 19.7 Å². The minimum absolute atomic E-state index is 0.164. The Kier molecular flexibility index (Phi) is 5.69. The zero-order chi connectivity index (χ0) is 19.3. The van der Waals surface area contributed by atoms with Gasteiger partial charge in [0.2, 0.25) is 0 Å². The average Bonchev–Trinajstić information content (AvgIpc) is 3.30. The normalized spacial score (nSPS) is 19.8. The summed E-state index contributed by atoms with van der Waals surface area (Å²) in [5.74, 6) is 2.76. The predicted octanol–water partition coefficient (Wildman–Crippen LogP) is 3.17. The maximum absolute atomic E-state index is 10.4. The lowest BCUT2D eigenvalue weighted by Gasteiger charge is -2.14. The number of hydrogen-bond donors (Lipinski definition) is 1. The van der Waals surface area contributed by atoms with Crippen molar-refractivity contribution in [3.8, 4) is 17.1 Å². The Bertz CT molecular complexity index is 880. The van der Waals surface area contributed by atoms with E-state index >= 15 is 0 Å². The lowest BCUT2D eigenvalue weighted by atomic mass is 10.0. The summed E-state index contributed by atoms with van der Waals surface area (Å²) in [5.41, 5.74) is 1.95. The number of likely N-dealkylation sites (tertiary alicyclic amines) is 1. The van der Waals surface area contributed by atoms with Gasteiger partial charge in [-0.3, -0.25) is 14.9 Å². The van der Waals surface area contributed by atoms with Gasteiger partial charge in [-0.1, -0.05) is 0 Å². The Balaban J connectivity index is 1.36. The van der Waals surface area contributed by atoms with Gasteiger partial charge in [0, 0.05) is 43.2 Å². The van der Waals surface area contributed by atoms with Gasteiger partial charge >= 0.3 is 0 Å². The first-order chi connectivity index (χ1) is 13.7. The fourth-order valence-electron chi connectivity index (χ4n) is 3.70. The molecular formula is C22H25N3O3. The van der Waals surface area contributed by atoms with Crippen LogP contribution < -0.4 is 4.74 Å². The Hall–Kier alpha value is -2.70. The second-order valence-electron chi connectivity index (χ2n) is 7.15. The molecule has 0 saturated carbocycles. The number of aromatic nitrogens is 2. The molecule has 3 heterocycles. The van der Waals surface area contributed by atoms with Crippen LogP contribution in [0.3, 0.4) is 0 Å². The fraction of sp³-hybridized carbons (Fsp3) is 0.364. The minimum atomic E-state index is -0.359. The van der Waals surface area contributed by atoms with Crippen LogP contribution in [0.25, 0.3) is 11.3 Å². The van der Waals surface area contributed by atoms with E-state index in [1.54, 1.807) is 18.6 Å². The van der Waals surface area contributed by atoms with E-state index in [1.807, 2.05) is 43.3 Å². The fourth-order valence-corrected chi connectivity index (χ4v) is 3.70. The molecule has 6 nitrogen and oxygen atoms in total. The first-order valence-electron chi connectivity index (χ1n) is 9.68. The van der Waals surface area contributed by atoms with Crippen LogP contribution in [-0.4, -0.2) is 45.8 Å². The summed E-state index contributed by atoms with van der Waals surface area (Å²) < 4.78 is 11.5. The quantitative estimate of drug-likeness (QED) is 0.680. The van der Waals surface area contributed by atoms with Crippen molar-refractivity contribution in [3.63, 3.8) is 0 Å². The summed E-state index contributed by atoms with van der Waals surface area (Å²) in [6.45, 7) is 4.77. The SMILES string of the molecule is CCOc1ccc(-c2ccc(CN3C[C@@H](Cc4cnccn4)[C@H](O)C3)o2)cc1. The van der Waals surface area contributed by atoms with Crippen molar-refractivity contribution >= 4 is 0 Å². The van der Waals surface area contributed by atoms with Gasteiger partial charge in [0.15, 0.2) is 0 Å². The number of aliphatic hydroxyl groups excluding tert-OH is 1. The van der Waals surface area contributed by atoms with E-state index < -0.39 is 0 Å². The van der Waals surface area contributed by atoms with E-state index in [4.69, 9.17) is 9.15 Å². The Labute approximate surface area is 164 Å². The molecule has 1 aliphatic heterocycles. The zero-order valence-electron chi connectivity index (χ0n) is 16.0. The van der Waals surface area contributed by atoms with Crippen LogP contribution in [0.5, 0.6) is 5.75 Å². The van der Waals surface area contributed by atoms with Crippen molar-refractivity contribution in [2.75, 3.05) is 19.7 Å². The van der Waals surface area contributed by atoms with Crippen molar-refractivity contribution in [2.45, 2.75) is 26.0 Å². The molecule has 0 radical (unpaired) electrons. The molecule has 0 amide bonds. The third-order valence-electron chi connectivity index (χ3n) is 5.06. The highest BCUT2D eigenvalue weighted by molar-refractivity contribution is 5.58. The van der Waals surface area contributed by atoms with Gasteiger partial charge in [0.05, 0.1) is 24.9 Å². The lowest BCUT2D eigenvalue weighted by Crippen LogP contribution is -2.21. The van der Waals surface area contributed by atoms with Crippen molar-refractivity contribution in [1.82, 2.24) is 14.9 Å². The molecule has 2 aromatic heterocycles. The van der Waals surface area contributed by atoms with E-state index in [9.17, 15) is 5.11 Å². The minimum Gasteiger partial charge on any atom is -0.494 e. The highest BCUT2D eigenvalue weighted by Gasteiger charge is 2.32. The second-order valence-corrected chi connectivity index (χ2v) is 7.15. The van der Waals surface area contributed by atoms with Crippen LogP contribution in [0, 0.1) is 5.92 Å². The molecule has 1 aliphatic rings. The Morgan fingerprint density at radius 3 is 2.75 bits per heavy atom. The number of aliphatic hydroxyl groups is 1. The van der Waals surface area contributed by atoms with E-state index in [2.05, 4.69) is 14.9 Å². The molecular weight excluding hydrogens is 354 g/mol. The average molecular weight is 379 g/mol. The Morgan fingerprint density at radius 1 is 1.14 bits per heavy atom. The number of β-amino-alcohol motifs (C(OH)–C–C–N with tert-alkyl or cyclic N) is 1. The zero-order valence-corrected chi connectivity index (χ0v) is 16.0. The molecule has 0 aliphatic carbocycles. The number of benzene rings is 1. The standard InChI is InChI=1S/C22H25N3O3/c1-2-27-19-5-3-16(4-6-19)22-8-7-20(28-22)14-25-13-17(21(26)15-25)11-18-12-23-9-10-24-18/h3-10,12,17,21,26H,2,11,13-15H2,1H3/t17-,21-/m1/s1. The monoisotopic (exact) mass is 379 g/mol. The smallest absolute Gasteiger partial charge is 0.134 e. The van der Waals surface area contributed by atoms with Gasteiger partial charge in [0.1, 0.15) is 17.3 Å². The maximum Gasteiger partial charge on any atom is 0.134 e. The van der Waals surface area contributed by atoms with Crippen LogP contribution in [0.2, 0.25) is 0 Å². The summed E-state index contributed by atoms with van der Waals surface area (Å²) in [7, 11) is 0. The molecule has 0 spiro atoms. The molecule has 28 heavy (non-hydrogen) atoms. The van der Waals surface area contributed by atoms with Crippen molar-refractivity contribution in [1.29, 1.82) is 0 Å². The molecule has 0 bridgehead atoms. The Morgan fingerprint density at radius 2 is 2.00 bits per heavy atom. The van der Waals surface area contributed by atoms with Crippen molar-refractivity contribution in [2.24, 2.45) is 5.92 Å². The van der Waals surface area contributed by atoms with Gasteiger partial charge in [-0.05, 0) is 49.7 Å². The first kappa shape index (κ1) is 18.7. The van der Waals surface area contributed by atoms with Gasteiger partial charge in [-0.15, -0.1) is 0 Å². The molecule has 3 aromatic rings. The summed E-state index contributed by atoms with van der Waals surface area (Å²) in [6, 6.07) is 11.9. The van der Waals surface area contributed by atoms with Crippen LogP contribution >= 0.6 is 0 Å². The number of nitrogens with zero attached hydrogens (tertiary/aromatic N) is 3. The third kappa shape index (κ3) is 4.40. The van der Waals surface area contributed by atoms with Crippen LogP contribution in [0.4, 0.5) is 0 Å². The van der Waals surface area contributed by atoms with Gasteiger partial charge < -0.3 is 14.3 Å². The van der Waals surface area contributed by atoms with Crippen molar-refractivity contribution in [3.05, 3.63) is 66.4 Å². The van der Waals surface area contributed by atoms with Gasteiger partial charge in [-0.2, -0.15) is 0 Å². The van der Waals surface area contributed by atoms with E-state index in [-0.39, 0.29) is 12.0 Å². The summed E-state index contributed by atoms with van der Waals surface area (Å²) in [4.78, 5) is 10.7. The van der Waals surface area contributed by atoms with E-state index in [1.165, 1.54) is 0 Å². The number of rotatable bonds is 7. The summed E-state index contributed by atoms with van der Waals surface area (Å²) >= 11 is 0. The molecule has 1 N–H and O–H groups in total. The lowest BCUT2D eigenvalue weighted by molar-refractivity contribution is 0.140. The summed E-state index contributed by atoms with van der Waals surface area (Å²) in [6.07, 6.45) is 5.51. The predicted molar refractivity (Wildman–Crippen MR) is 106 cm³/mol. The molecule has 2 atom stereocenters. The van der Waals surface area contributed by atoms with Crippen molar-refractivity contribution < 1.29 is 14.3 Å². The summed E-state index contributed by atoms with van der Waals surface area (Å²) in [5, 5.41) is 10.4. The molecule has 1 saturated heterocycles. The van der Waals surface area contributed by atoms with Crippen LogP contribution in [-0.2, 0) is 13.0 Å². The maximum atomic E-state index is 10.4. The molecule has 4 rings (SSSR count). The number of hydrogen-bond acceptors (Lipinski definition) is 6. The van der Waals surface area contributed by atoms with Gasteiger partial charge in [-0.25, -0.2) is 0 Å². The highest BCUT2D eigenvalue weighted by atomic mass is 16.5. The van der Waals surface area contributed by atoms with E-state index in [0.717, 1.165) is 41.5 Å². The molecule has 6 heteroatoms. The van der Waals surface area contributed by atoms with Crippen LogP contribution in [0.1, 0.15) is 18.4 Å². The third-order valence-corrected chi connectivity index (χ3v) is 5.06. The molecule has 1 fully saturated rings. The van der Waals surface area contributed by atoms with Crippen LogP contribution in [0.15, 0.2) is 59.4 Å². The topological polar surface area (TPSA) is 71.6 Å². The number of ether oxygens (including phenoxy) is 1. The molecule has 146 valence electrons. The largest absolute Gasteiger partial charge is 0.494 e.